The molecule has 0 bridgehead atoms. The zero-order chi connectivity index (χ0) is 19.1. The van der Waals surface area contributed by atoms with Crippen LogP contribution in [0.2, 0.25) is 0 Å². The molecular formula is C21H26N6O. The number of H-pyrrole nitrogens is 1. The standard InChI is InChI=1S/C21H26N6O/c1-15-6-5-11-26(15)16-9-12-25(13-10-16)21-23-19-18(20(28)24-21)14-22-27(19)17-7-3-2-4-8-17/h2-4,7-8,14-16H,5-6,9-13H2,1H3,(H,23,24,28). The lowest BCUT2D eigenvalue weighted by molar-refractivity contribution is 0.163. The molecule has 2 saturated heterocycles. The number of para-hydroxylation sites is 1. The first-order valence-corrected chi connectivity index (χ1v) is 10.2. The van der Waals surface area contributed by atoms with Crippen molar-refractivity contribution in [3.05, 3.63) is 46.9 Å². The van der Waals surface area contributed by atoms with Gasteiger partial charge in [-0.05, 0) is 51.3 Å². The lowest BCUT2D eigenvalue weighted by atomic mass is 10.0. The van der Waals surface area contributed by atoms with Gasteiger partial charge in [0.25, 0.3) is 5.56 Å². The first-order valence-electron chi connectivity index (χ1n) is 10.2. The van der Waals surface area contributed by atoms with Crippen LogP contribution in [0.15, 0.2) is 41.3 Å². The van der Waals surface area contributed by atoms with E-state index in [4.69, 9.17) is 4.98 Å². The number of aromatic amines is 1. The molecule has 1 aromatic carbocycles. The number of nitrogens with zero attached hydrogens (tertiary/aromatic N) is 5. The number of piperidine rings is 1. The average molecular weight is 378 g/mol. The van der Waals surface area contributed by atoms with E-state index in [1.54, 1.807) is 10.9 Å². The zero-order valence-corrected chi connectivity index (χ0v) is 16.2. The number of fused-ring (bicyclic) bond motifs is 1. The van der Waals surface area contributed by atoms with Crippen LogP contribution in [0.3, 0.4) is 0 Å². The van der Waals surface area contributed by atoms with Gasteiger partial charge in [0.15, 0.2) is 5.65 Å². The van der Waals surface area contributed by atoms with Crippen LogP contribution in [0, 0.1) is 0 Å². The van der Waals surface area contributed by atoms with E-state index in [1.807, 2.05) is 30.3 Å². The third kappa shape index (κ3) is 2.99. The van der Waals surface area contributed by atoms with Crippen molar-refractivity contribution in [2.75, 3.05) is 24.5 Å². The summed E-state index contributed by atoms with van der Waals surface area (Å²) < 4.78 is 1.74. The molecule has 1 unspecified atom stereocenters. The minimum absolute atomic E-state index is 0.127. The van der Waals surface area contributed by atoms with Crippen LogP contribution in [-0.4, -0.2) is 56.4 Å². The maximum absolute atomic E-state index is 12.6. The topological polar surface area (TPSA) is 70.1 Å². The Bertz CT molecular complexity index is 1020. The number of benzene rings is 1. The normalized spacial score (nSPS) is 21.6. The smallest absolute Gasteiger partial charge is 0.263 e. The molecule has 0 saturated carbocycles. The number of likely N-dealkylation sites (tertiary alicyclic amines) is 1. The van der Waals surface area contributed by atoms with Gasteiger partial charge in [-0.15, -0.1) is 0 Å². The maximum Gasteiger partial charge on any atom is 0.263 e. The Labute approximate surface area is 164 Å². The molecule has 0 spiro atoms. The van der Waals surface area contributed by atoms with Gasteiger partial charge in [-0.2, -0.15) is 10.1 Å². The minimum atomic E-state index is -0.127. The molecule has 2 fully saturated rings. The quantitative estimate of drug-likeness (QED) is 0.759. The van der Waals surface area contributed by atoms with Crippen LogP contribution in [0.25, 0.3) is 16.7 Å². The molecule has 2 aliphatic heterocycles. The third-order valence-electron chi connectivity index (χ3n) is 6.26. The fourth-order valence-corrected chi connectivity index (χ4v) is 4.72. The molecule has 2 aliphatic rings. The molecule has 1 atom stereocenters. The summed E-state index contributed by atoms with van der Waals surface area (Å²) in [6, 6.07) is 11.2. The van der Waals surface area contributed by atoms with Crippen molar-refractivity contribution in [2.45, 2.75) is 44.7 Å². The van der Waals surface area contributed by atoms with Gasteiger partial charge in [0.1, 0.15) is 5.39 Å². The van der Waals surface area contributed by atoms with Gasteiger partial charge in [0, 0.05) is 25.2 Å². The Hall–Kier alpha value is -2.67. The molecule has 7 nitrogen and oxygen atoms in total. The second kappa shape index (κ2) is 7.05. The van der Waals surface area contributed by atoms with Crippen molar-refractivity contribution < 1.29 is 0 Å². The Morgan fingerprint density at radius 2 is 1.86 bits per heavy atom. The Morgan fingerprint density at radius 1 is 1.07 bits per heavy atom. The molecule has 28 heavy (non-hydrogen) atoms. The van der Waals surface area contributed by atoms with E-state index in [1.165, 1.54) is 19.4 Å². The molecule has 0 radical (unpaired) electrons. The number of hydrogen-bond donors (Lipinski definition) is 1. The summed E-state index contributed by atoms with van der Waals surface area (Å²) >= 11 is 0. The summed E-state index contributed by atoms with van der Waals surface area (Å²) in [7, 11) is 0. The highest BCUT2D eigenvalue weighted by atomic mass is 16.1. The molecule has 4 heterocycles. The second-order valence-corrected chi connectivity index (χ2v) is 7.97. The largest absolute Gasteiger partial charge is 0.342 e. The Kier molecular flexibility index (Phi) is 4.39. The van der Waals surface area contributed by atoms with Crippen molar-refractivity contribution in [1.29, 1.82) is 0 Å². The number of nitrogens with one attached hydrogen (secondary N) is 1. The summed E-state index contributed by atoms with van der Waals surface area (Å²) in [6.45, 7) is 5.41. The van der Waals surface area contributed by atoms with Crippen molar-refractivity contribution in [2.24, 2.45) is 0 Å². The minimum Gasteiger partial charge on any atom is -0.342 e. The lowest BCUT2D eigenvalue weighted by Crippen LogP contribution is -2.46. The summed E-state index contributed by atoms with van der Waals surface area (Å²) in [4.78, 5) is 25.3. The summed E-state index contributed by atoms with van der Waals surface area (Å²) in [5, 5.41) is 4.92. The first-order chi connectivity index (χ1) is 13.7. The van der Waals surface area contributed by atoms with Gasteiger partial charge < -0.3 is 4.90 Å². The molecule has 0 aliphatic carbocycles. The predicted octanol–water partition coefficient (Wildman–Crippen LogP) is 2.56. The highest BCUT2D eigenvalue weighted by Gasteiger charge is 2.31. The monoisotopic (exact) mass is 378 g/mol. The highest BCUT2D eigenvalue weighted by Crippen LogP contribution is 2.27. The van der Waals surface area contributed by atoms with Crippen molar-refractivity contribution in [3.63, 3.8) is 0 Å². The number of rotatable bonds is 3. The van der Waals surface area contributed by atoms with Crippen molar-refractivity contribution in [1.82, 2.24) is 24.6 Å². The van der Waals surface area contributed by atoms with Gasteiger partial charge in [0.2, 0.25) is 5.95 Å². The van der Waals surface area contributed by atoms with Crippen LogP contribution in [0.5, 0.6) is 0 Å². The van der Waals surface area contributed by atoms with E-state index < -0.39 is 0 Å². The van der Waals surface area contributed by atoms with Crippen LogP contribution < -0.4 is 10.5 Å². The highest BCUT2D eigenvalue weighted by molar-refractivity contribution is 5.76. The zero-order valence-electron chi connectivity index (χ0n) is 16.2. The van der Waals surface area contributed by atoms with Gasteiger partial charge in [-0.1, -0.05) is 18.2 Å². The van der Waals surface area contributed by atoms with Gasteiger partial charge in [0.05, 0.1) is 11.9 Å². The van der Waals surface area contributed by atoms with E-state index in [0.29, 0.717) is 29.1 Å². The number of aromatic nitrogens is 4. The van der Waals surface area contributed by atoms with Crippen LogP contribution in [0.1, 0.15) is 32.6 Å². The fourth-order valence-electron chi connectivity index (χ4n) is 4.72. The van der Waals surface area contributed by atoms with Gasteiger partial charge >= 0.3 is 0 Å². The Balaban J connectivity index is 1.42. The molecule has 146 valence electrons. The van der Waals surface area contributed by atoms with Crippen LogP contribution >= 0.6 is 0 Å². The summed E-state index contributed by atoms with van der Waals surface area (Å²) in [5.41, 5.74) is 1.39. The van der Waals surface area contributed by atoms with Crippen LogP contribution in [-0.2, 0) is 0 Å². The maximum atomic E-state index is 12.6. The van der Waals surface area contributed by atoms with Gasteiger partial charge in [-0.25, -0.2) is 4.68 Å². The van der Waals surface area contributed by atoms with Gasteiger partial charge in [-0.3, -0.25) is 14.7 Å². The Morgan fingerprint density at radius 3 is 2.57 bits per heavy atom. The van der Waals surface area contributed by atoms with E-state index in [-0.39, 0.29) is 5.56 Å². The number of anilines is 1. The van der Waals surface area contributed by atoms with E-state index in [2.05, 4.69) is 26.8 Å². The third-order valence-corrected chi connectivity index (χ3v) is 6.26. The fraction of sp³-hybridized carbons (Fsp3) is 0.476. The van der Waals surface area contributed by atoms with Crippen molar-refractivity contribution in [3.8, 4) is 5.69 Å². The average Bonchev–Trinajstić information content (AvgIpc) is 3.35. The molecular weight excluding hydrogens is 352 g/mol. The molecule has 7 heteroatoms. The summed E-state index contributed by atoms with van der Waals surface area (Å²) in [6.07, 6.45) is 6.46. The van der Waals surface area contributed by atoms with Crippen molar-refractivity contribution >= 4 is 17.0 Å². The lowest BCUT2D eigenvalue weighted by Gasteiger charge is -2.38. The van der Waals surface area contributed by atoms with E-state index >= 15 is 0 Å². The summed E-state index contributed by atoms with van der Waals surface area (Å²) in [5.74, 6) is 0.656. The second-order valence-electron chi connectivity index (χ2n) is 7.97. The molecule has 2 aromatic heterocycles. The predicted molar refractivity (Wildman–Crippen MR) is 110 cm³/mol. The first kappa shape index (κ1) is 17.4. The molecule has 3 aromatic rings. The molecule has 5 rings (SSSR count). The SMILES string of the molecule is CC1CCCN1C1CCN(c2nc3c(cnn3-c3ccccc3)c(=O)[nH]2)CC1. The molecule has 0 amide bonds. The van der Waals surface area contributed by atoms with E-state index in [9.17, 15) is 4.79 Å². The van der Waals surface area contributed by atoms with Crippen LogP contribution in [0.4, 0.5) is 5.95 Å². The number of hydrogen-bond acceptors (Lipinski definition) is 5. The molecule has 1 N–H and O–H groups in total. The van der Waals surface area contributed by atoms with E-state index in [0.717, 1.165) is 31.6 Å².